The first-order valence-corrected chi connectivity index (χ1v) is 7.12. The Labute approximate surface area is 137 Å². The van der Waals surface area contributed by atoms with Crippen molar-refractivity contribution in [3.8, 4) is 5.75 Å². The maximum atomic E-state index is 12.4. The van der Waals surface area contributed by atoms with E-state index in [9.17, 15) is 18.0 Å². The molecule has 0 radical (unpaired) electrons. The minimum absolute atomic E-state index is 0.0423. The summed E-state index contributed by atoms with van der Waals surface area (Å²) in [4.78, 5) is 20.4. The number of hydrogen-bond acceptors (Lipinski definition) is 4. The molecule has 0 atom stereocenters. The SMILES string of the molecule is COc1ccc(N)cc1C1CCN(C(=O)C(F)(F)F)CC1.O=CO. The van der Waals surface area contributed by atoms with E-state index < -0.39 is 12.1 Å². The van der Waals surface area contributed by atoms with E-state index in [4.69, 9.17) is 20.4 Å². The van der Waals surface area contributed by atoms with Gasteiger partial charge in [0.25, 0.3) is 6.47 Å². The van der Waals surface area contributed by atoms with Crippen LogP contribution in [-0.2, 0) is 9.59 Å². The van der Waals surface area contributed by atoms with Gasteiger partial charge < -0.3 is 20.5 Å². The summed E-state index contributed by atoms with van der Waals surface area (Å²) < 4.78 is 42.5. The fraction of sp³-hybridized carbons (Fsp3) is 0.467. The van der Waals surface area contributed by atoms with E-state index in [1.54, 1.807) is 18.2 Å². The number of rotatable bonds is 2. The second-order valence-electron chi connectivity index (χ2n) is 5.17. The molecule has 0 aromatic heterocycles. The van der Waals surface area contributed by atoms with Crippen molar-refractivity contribution in [2.75, 3.05) is 25.9 Å². The number of methoxy groups -OCH3 is 1. The molecule has 0 unspecified atom stereocenters. The predicted molar refractivity (Wildman–Crippen MR) is 80.7 cm³/mol. The Morgan fingerprint density at radius 1 is 1.38 bits per heavy atom. The molecule has 24 heavy (non-hydrogen) atoms. The number of amides is 1. The van der Waals surface area contributed by atoms with E-state index in [2.05, 4.69) is 0 Å². The molecule has 1 heterocycles. The van der Waals surface area contributed by atoms with Gasteiger partial charge in [-0.25, -0.2) is 0 Å². The molecular formula is C15H19F3N2O4. The average molecular weight is 348 g/mol. The molecule has 3 N–H and O–H groups in total. The zero-order valence-corrected chi connectivity index (χ0v) is 13.0. The van der Waals surface area contributed by atoms with E-state index in [0.717, 1.165) is 10.5 Å². The van der Waals surface area contributed by atoms with Gasteiger partial charge in [-0.1, -0.05) is 0 Å². The molecule has 1 fully saturated rings. The van der Waals surface area contributed by atoms with Gasteiger partial charge in [-0.3, -0.25) is 9.59 Å². The van der Waals surface area contributed by atoms with Gasteiger partial charge in [0.15, 0.2) is 0 Å². The van der Waals surface area contributed by atoms with Crippen LogP contribution in [0.4, 0.5) is 18.9 Å². The van der Waals surface area contributed by atoms with Crippen LogP contribution in [-0.4, -0.2) is 48.8 Å². The van der Waals surface area contributed by atoms with Crippen molar-refractivity contribution in [1.82, 2.24) is 4.90 Å². The number of nitrogen functional groups attached to an aromatic ring is 1. The highest BCUT2D eigenvalue weighted by molar-refractivity contribution is 5.82. The maximum absolute atomic E-state index is 12.4. The Morgan fingerprint density at radius 3 is 2.38 bits per heavy atom. The number of halogens is 3. The average Bonchev–Trinajstić information content (AvgIpc) is 2.54. The Kier molecular flexibility index (Phi) is 6.87. The summed E-state index contributed by atoms with van der Waals surface area (Å²) in [5.41, 5.74) is 7.22. The first-order valence-electron chi connectivity index (χ1n) is 7.12. The molecule has 2 rings (SSSR count). The van der Waals surface area contributed by atoms with E-state index in [0.29, 0.717) is 24.3 Å². The van der Waals surface area contributed by atoms with Gasteiger partial charge in [0, 0.05) is 18.8 Å². The molecule has 1 aromatic rings. The van der Waals surface area contributed by atoms with Crippen LogP contribution >= 0.6 is 0 Å². The minimum Gasteiger partial charge on any atom is -0.496 e. The second-order valence-corrected chi connectivity index (χ2v) is 5.17. The number of nitrogens with two attached hydrogens (primary N) is 1. The first-order chi connectivity index (χ1) is 11.2. The third-order valence-corrected chi connectivity index (χ3v) is 3.72. The topological polar surface area (TPSA) is 92.9 Å². The zero-order valence-electron chi connectivity index (χ0n) is 13.0. The zero-order chi connectivity index (χ0) is 18.3. The van der Waals surface area contributed by atoms with Gasteiger partial charge in [0.2, 0.25) is 0 Å². The normalized spacial score (nSPS) is 15.2. The van der Waals surface area contributed by atoms with Crippen LogP contribution in [0.25, 0.3) is 0 Å². The number of hydrogen-bond donors (Lipinski definition) is 2. The van der Waals surface area contributed by atoms with Crippen LogP contribution in [0, 0.1) is 0 Å². The lowest BCUT2D eigenvalue weighted by molar-refractivity contribution is -0.186. The highest BCUT2D eigenvalue weighted by Crippen LogP contribution is 2.36. The largest absolute Gasteiger partial charge is 0.496 e. The smallest absolute Gasteiger partial charge is 0.471 e. The molecule has 1 saturated heterocycles. The highest BCUT2D eigenvalue weighted by atomic mass is 19.4. The molecule has 0 bridgehead atoms. The van der Waals surface area contributed by atoms with Crippen molar-refractivity contribution in [3.63, 3.8) is 0 Å². The third-order valence-electron chi connectivity index (χ3n) is 3.72. The van der Waals surface area contributed by atoms with Crippen molar-refractivity contribution in [1.29, 1.82) is 0 Å². The Bertz CT molecular complexity index is 570. The molecule has 0 saturated carbocycles. The minimum atomic E-state index is -4.80. The van der Waals surface area contributed by atoms with E-state index in [-0.39, 0.29) is 25.5 Å². The van der Waals surface area contributed by atoms with Gasteiger partial charge in [0.1, 0.15) is 5.75 Å². The van der Waals surface area contributed by atoms with Gasteiger partial charge in [-0.15, -0.1) is 0 Å². The lowest BCUT2D eigenvalue weighted by Crippen LogP contribution is -2.45. The van der Waals surface area contributed by atoms with Gasteiger partial charge in [-0.2, -0.15) is 13.2 Å². The van der Waals surface area contributed by atoms with Crippen LogP contribution in [0.15, 0.2) is 18.2 Å². The summed E-state index contributed by atoms with van der Waals surface area (Å²) in [5, 5.41) is 6.89. The van der Waals surface area contributed by atoms with Crippen molar-refractivity contribution in [2.45, 2.75) is 24.9 Å². The van der Waals surface area contributed by atoms with Crippen molar-refractivity contribution in [3.05, 3.63) is 23.8 Å². The fourth-order valence-electron chi connectivity index (χ4n) is 2.64. The maximum Gasteiger partial charge on any atom is 0.471 e. The summed E-state index contributed by atoms with van der Waals surface area (Å²) in [6, 6.07) is 5.24. The lowest BCUT2D eigenvalue weighted by atomic mass is 9.88. The van der Waals surface area contributed by atoms with E-state index in [1.165, 1.54) is 7.11 Å². The second kappa shape index (κ2) is 8.42. The summed E-state index contributed by atoms with van der Waals surface area (Å²) >= 11 is 0. The Hall–Kier alpha value is -2.45. The summed E-state index contributed by atoms with van der Waals surface area (Å²) in [5.74, 6) is -1.05. The number of benzene rings is 1. The first kappa shape index (κ1) is 19.6. The summed E-state index contributed by atoms with van der Waals surface area (Å²) in [7, 11) is 1.54. The molecule has 9 heteroatoms. The third kappa shape index (κ3) is 5.04. The molecule has 1 aliphatic heterocycles. The number of piperidine rings is 1. The number of carbonyl (C=O) groups is 2. The molecular weight excluding hydrogens is 329 g/mol. The molecule has 1 aromatic carbocycles. The number of carbonyl (C=O) groups excluding carboxylic acids is 1. The van der Waals surface area contributed by atoms with E-state index >= 15 is 0 Å². The quantitative estimate of drug-likeness (QED) is 0.632. The molecule has 1 aliphatic rings. The molecule has 134 valence electrons. The number of anilines is 1. The number of carboxylic acid groups (broad SMARTS) is 1. The summed E-state index contributed by atoms with van der Waals surface area (Å²) in [6.07, 6.45) is -3.88. The van der Waals surface area contributed by atoms with Crippen LogP contribution in [0.1, 0.15) is 24.3 Å². The van der Waals surface area contributed by atoms with Crippen LogP contribution < -0.4 is 10.5 Å². The number of nitrogens with zero attached hydrogens (tertiary/aromatic N) is 1. The fourth-order valence-corrected chi connectivity index (χ4v) is 2.64. The van der Waals surface area contributed by atoms with Crippen LogP contribution in [0.3, 0.4) is 0 Å². The highest BCUT2D eigenvalue weighted by Gasteiger charge is 2.43. The summed E-state index contributed by atoms with van der Waals surface area (Å²) in [6.45, 7) is -0.0814. The van der Waals surface area contributed by atoms with Crippen molar-refractivity contribution in [2.24, 2.45) is 0 Å². The monoisotopic (exact) mass is 348 g/mol. The molecule has 0 spiro atoms. The standard InChI is InChI=1S/C14H17F3N2O2.CH2O2/c1-21-12-3-2-10(18)8-11(12)9-4-6-19(7-5-9)13(20)14(15,16)17;2-1-3/h2-3,8-9H,4-7,18H2,1H3;1H,(H,2,3). The van der Waals surface area contributed by atoms with Crippen molar-refractivity contribution < 1.29 is 32.6 Å². The van der Waals surface area contributed by atoms with Gasteiger partial charge in [-0.05, 0) is 42.5 Å². The molecule has 6 nitrogen and oxygen atoms in total. The number of alkyl halides is 3. The Balaban J connectivity index is 0.000000891. The lowest BCUT2D eigenvalue weighted by Gasteiger charge is -2.33. The van der Waals surface area contributed by atoms with E-state index in [1.807, 2.05) is 0 Å². The molecule has 0 aliphatic carbocycles. The van der Waals surface area contributed by atoms with Crippen molar-refractivity contribution >= 4 is 18.1 Å². The number of ether oxygens (including phenoxy) is 1. The predicted octanol–water partition coefficient (Wildman–Crippen LogP) is 2.25. The van der Waals surface area contributed by atoms with Crippen LogP contribution in [0.5, 0.6) is 5.75 Å². The van der Waals surface area contributed by atoms with Crippen LogP contribution in [0.2, 0.25) is 0 Å². The van der Waals surface area contributed by atoms with Gasteiger partial charge in [0.05, 0.1) is 7.11 Å². The molecule has 1 amide bonds. The number of likely N-dealkylation sites (tertiary alicyclic amines) is 1. The Morgan fingerprint density at radius 2 is 1.92 bits per heavy atom. The van der Waals surface area contributed by atoms with Gasteiger partial charge >= 0.3 is 12.1 Å².